The Kier molecular flexibility index (Phi) is 8.24. The molecule has 0 radical (unpaired) electrons. The largest absolute Gasteiger partial charge is 0.462 e. The number of hydrogen-bond donors (Lipinski definition) is 1. The normalized spacial score (nSPS) is 12.5. The molecule has 6 nitrogen and oxygen atoms in total. The third-order valence-electron chi connectivity index (χ3n) is 4.72. The van der Waals surface area contributed by atoms with Crippen LogP contribution in [0.15, 0.2) is 24.4 Å². The van der Waals surface area contributed by atoms with Crippen LogP contribution in [0.1, 0.15) is 56.5 Å². The molecular weight excluding hydrogens is 411 g/mol. The van der Waals surface area contributed by atoms with Crippen LogP contribution in [-0.2, 0) is 15.7 Å². The molecule has 0 aliphatic carbocycles. The fourth-order valence-electron chi connectivity index (χ4n) is 3.31. The molecule has 1 N–H and O–H groups in total. The van der Waals surface area contributed by atoms with Crippen molar-refractivity contribution >= 4 is 28.5 Å². The van der Waals surface area contributed by atoms with Crippen molar-refractivity contribution in [2.75, 3.05) is 25.0 Å². The van der Waals surface area contributed by atoms with Gasteiger partial charge in [-0.25, -0.2) is 4.79 Å². The predicted octanol–water partition coefficient (Wildman–Crippen LogP) is 4.88. The number of pyridine rings is 1. The number of alkyl halides is 3. The number of esters is 1. The maximum Gasteiger partial charge on any atom is 0.416 e. The summed E-state index contributed by atoms with van der Waals surface area (Å²) in [6, 6.07) is 2.39. The van der Waals surface area contributed by atoms with E-state index in [1.54, 1.807) is 18.7 Å². The van der Waals surface area contributed by atoms with E-state index in [1.807, 2.05) is 13.8 Å². The minimum Gasteiger partial charge on any atom is -0.462 e. The van der Waals surface area contributed by atoms with Gasteiger partial charge < -0.3 is 15.0 Å². The Morgan fingerprint density at radius 1 is 1.16 bits per heavy atom. The van der Waals surface area contributed by atoms with Gasteiger partial charge in [-0.1, -0.05) is 19.9 Å². The highest BCUT2D eigenvalue weighted by atomic mass is 19.4. The van der Waals surface area contributed by atoms with Crippen LogP contribution in [0.5, 0.6) is 0 Å². The summed E-state index contributed by atoms with van der Waals surface area (Å²) < 4.78 is 44.4. The first-order valence-electron chi connectivity index (χ1n) is 10.4. The van der Waals surface area contributed by atoms with Crippen LogP contribution in [-0.4, -0.2) is 47.5 Å². The number of benzene rings is 1. The zero-order chi connectivity index (χ0) is 23.2. The van der Waals surface area contributed by atoms with E-state index in [2.05, 4.69) is 10.3 Å². The number of amides is 1. The number of carbonyl (C=O) groups excluding carboxylic acids is 2. The fraction of sp³-hybridized carbons (Fsp3) is 0.500. The lowest BCUT2D eigenvalue weighted by Crippen LogP contribution is -2.42. The zero-order valence-electron chi connectivity index (χ0n) is 18.2. The third-order valence-corrected chi connectivity index (χ3v) is 4.72. The van der Waals surface area contributed by atoms with Gasteiger partial charge in [-0.3, -0.25) is 9.78 Å². The molecule has 1 amide bonds. The third kappa shape index (κ3) is 5.86. The fourth-order valence-corrected chi connectivity index (χ4v) is 3.31. The lowest BCUT2D eigenvalue weighted by molar-refractivity contribution is -0.137. The summed E-state index contributed by atoms with van der Waals surface area (Å²) in [7, 11) is 0. The lowest BCUT2D eigenvalue weighted by Gasteiger charge is -2.27. The van der Waals surface area contributed by atoms with E-state index < -0.39 is 23.8 Å². The van der Waals surface area contributed by atoms with Gasteiger partial charge in [0.2, 0.25) is 5.91 Å². The Labute approximate surface area is 179 Å². The molecule has 0 spiro atoms. The Morgan fingerprint density at radius 3 is 2.35 bits per heavy atom. The van der Waals surface area contributed by atoms with Crippen molar-refractivity contribution in [3.63, 3.8) is 0 Å². The second-order valence-corrected chi connectivity index (χ2v) is 7.19. The first-order valence-corrected chi connectivity index (χ1v) is 10.4. The second-order valence-electron chi connectivity index (χ2n) is 7.19. The van der Waals surface area contributed by atoms with Gasteiger partial charge in [0, 0.05) is 24.7 Å². The van der Waals surface area contributed by atoms with E-state index >= 15 is 0 Å². The van der Waals surface area contributed by atoms with Crippen molar-refractivity contribution < 1.29 is 27.5 Å². The maximum absolute atomic E-state index is 13.1. The molecule has 1 aromatic carbocycles. The lowest BCUT2D eigenvalue weighted by atomic mass is 10.1. The van der Waals surface area contributed by atoms with Gasteiger partial charge in [0.15, 0.2) is 0 Å². The number of nitrogens with zero attached hydrogens (tertiary/aromatic N) is 2. The number of halogens is 3. The van der Waals surface area contributed by atoms with Gasteiger partial charge in [-0.05, 0) is 38.8 Å². The zero-order valence-corrected chi connectivity index (χ0v) is 18.2. The van der Waals surface area contributed by atoms with Crippen molar-refractivity contribution in [1.82, 2.24) is 9.88 Å². The summed E-state index contributed by atoms with van der Waals surface area (Å²) in [5.41, 5.74) is -0.496. The summed E-state index contributed by atoms with van der Waals surface area (Å²) >= 11 is 0. The first kappa shape index (κ1) is 24.4. The molecule has 31 heavy (non-hydrogen) atoms. The predicted molar refractivity (Wildman–Crippen MR) is 113 cm³/mol. The van der Waals surface area contributed by atoms with Crippen LogP contribution >= 0.6 is 0 Å². The minimum absolute atomic E-state index is 0.0593. The molecule has 1 aromatic heterocycles. The maximum atomic E-state index is 13.1. The topological polar surface area (TPSA) is 71.5 Å². The Balaban J connectivity index is 2.51. The average molecular weight is 439 g/mol. The van der Waals surface area contributed by atoms with E-state index in [9.17, 15) is 22.8 Å². The summed E-state index contributed by atoms with van der Waals surface area (Å²) in [5, 5.41) is 3.34. The van der Waals surface area contributed by atoms with Crippen LogP contribution in [0, 0.1) is 0 Å². The summed E-state index contributed by atoms with van der Waals surface area (Å²) in [5.74, 6) is -0.826. The van der Waals surface area contributed by atoms with Crippen LogP contribution in [0.2, 0.25) is 0 Å². The molecule has 2 aromatic rings. The monoisotopic (exact) mass is 439 g/mol. The van der Waals surface area contributed by atoms with Crippen LogP contribution in [0.25, 0.3) is 10.9 Å². The first-order chi connectivity index (χ1) is 14.6. The van der Waals surface area contributed by atoms with Gasteiger partial charge >= 0.3 is 12.1 Å². The van der Waals surface area contributed by atoms with Gasteiger partial charge in [-0.15, -0.1) is 0 Å². The van der Waals surface area contributed by atoms with E-state index in [-0.39, 0.29) is 29.3 Å². The van der Waals surface area contributed by atoms with E-state index in [4.69, 9.17) is 4.74 Å². The smallest absolute Gasteiger partial charge is 0.416 e. The Hall–Kier alpha value is -2.84. The molecule has 170 valence electrons. The molecular formula is C22H28F3N3O3. The number of hydrogen-bond acceptors (Lipinski definition) is 5. The van der Waals surface area contributed by atoms with Crippen LogP contribution in [0.4, 0.5) is 18.9 Å². The minimum atomic E-state index is -4.52. The summed E-state index contributed by atoms with van der Waals surface area (Å²) in [6.45, 7) is 8.56. The van der Waals surface area contributed by atoms with E-state index in [0.717, 1.165) is 25.0 Å². The second kappa shape index (κ2) is 10.5. The molecule has 0 saturated carbocycles. The number of nitrogens with one attached hydrogen (secondary N) is 1. The number of carbonyl (C=O) groups is 2. The van der Waals surface area contributed by atoms with Crippen molar-refractivity contribution in [3.8, 4) is 0 Å². The summed E-state index contributed by atoms with van der Waals surface area (Å²) in [4.78, 5) is 31.1. The van der Waals surface area contributed by atoms with Crippen molar-refractivity contribution in [2.24, 2.45) is 0 Å². The quantitative estimate of drug-likeness (QED) is 0.564. The highest BCUT2D eigenvalue weighted by Gasteiger charge is 2.31. The molecule has 1 atom stereocenters. The Bertz CT molecular complexity index is 925. The molecule has 1 heterocycles. The Morgan fingerprint density at radius 2 is 1.81 bits per heavy atom. The SMILES string of the molecule is CCCN(CCC)C(=O)C(C)Nc1c(C(=O)OCC)cnc2cc(C(F)(F)F)ccc12. The van der Waals surface area contributed by atoms with Crippen LogP contribution < -0.4 is 5.32 Å². The molecule has 2 rings (SSSR count). The van der Waals surface area contributed by atoms with Crippen molar-refractivity contribution in [3.05, 3.63) is 35.5 Å². The highest BCUT2D eigenvalue weighted by molar-refractivity contribution is 6.06. The molecule has 0 fully saturated rings. The molecule has 9 heteroatoms. The van der Waals surface area contributed by atoms with E-state index in [0.29, 0.717) is 18.5 Å². The van der Waals surface area contributed by atoms with Crippen LogP contribution in [0.3, 0.4) is 0 Å². The molecule has 0 saturated heterocycles. The van der Waals surface area contributed by atoms with Crippen molar-refractivity contribution in [2.45, 2.75) is 52.8 Å². The number of anilines is 1. The molecule has 0 bridgehead atoms. The number of ether oxygens (including phenoxy) is 1. The van der Waals surface area contributed by atoms with E-state index in [1.165, 1.54) is 12.3 Å². The standard InChI is InChI=1S/C22H28F3N3O3/c1-5-10-28(11-6-2)20(29)14(4)27-19-16-9-8-15(22(23,24)25)12-18(16)26-13-17(19)21(30)31-7-3/h8-9,12-14H,5-7,10-11H2,1-4H3,(H,26,27). The number of aromatic nitrogens is 1. The number of fused-ring (bicyclic) bond motifs is 1. The van der Waals surface area contributed by atoms with Gasteiger partial charge in [0.1, 0.15) is 11.6 Å². The van der Waals surface area contributed by atoms with Gasteiger partial charge in [-0.2, -0.15) is 13.2 Å². The molecule has 1 unspecified atom stereocenters. The van der Waals surface area contributed by atoms with Gasteiger partial charge in [0.05, 0.1) is 23.4 Å². The molecule has 0 aliphatic rings. The summed E-state index contributed by atoms with van der Waals surface area (Å²) in [6.07, 6.45) is -1.75. The highest BCUT2D eigenvalue weighted by Crippen LogP contribution is 2.34. The average Bonchev–Trinajstić information content (AvgIpc) is 2.72. The van der Waals surface area contributed by atoms with Crippen molar-refractivity contribution in [1.29, 1.82) is 0 Å². The molecule has 0 aliphatic heterocycles. The number of rotatable bonds is 9. The van der Waals surface area contributed by atoms with Gasteiger partial charge in [0.25, 0.3) is 0 Å².